The molecule has 1 aliphatic carbocycles. The van der Waals surface area contributed by atoms with Gasteiger partial charge in [-0.05, 0) is 31.9 Å². The van der Waals surface area contributed by atoms with Gasteiger partial charge in [-0.3, -0.25) is 4.79 Å². The molecular formula is C18H24N2O2S. The molecule has 1 saturated carbocycles. The van der Waals surface area contributed by atoms with Gasteiger partial charge in [-0.2, -0.15) is 5.26 Å². The number of thioether (sulfide) groups is 1. The Hall–Kier alpha value is -1.51. The number of nitrogens with zero attached hydrogens (tertiary/aromatic N) is 1. The smallest absolute Gasteiger partial charge is 0.250 e. The first kappa shape index (κ1) is 17.8. The van der Waals surface area contributed by atoms with Crippen LogP contribution in [0.15, 0.2) is 29.2 Å². The SMILES string of the molecule is C[C@@H](C#N)CSc1ccccc1NC(=O)COC1CCCCC1. The maximum absolute atomic E-state index is 12.1. The standard InChI is InChI=1S/C18H24N2O2S/c1-14(11-19)13-23-17-10-6-5-9-16(17)20-18(21)12-22-15-7-3-2-4-8-15/h5-6,9-10,14-15H,2-4,7-8,12-13H2,1H3,(H,20,21)/t14-/m0/s1. The molecule has 0 bridgehead atoms. The molecule has 0 unspecified atom stereocenters. The van der Waals surface area contributed by atoms with Gasteiger partial charge in [0.1, 0.15) is 6.61 Å². The fourth-order valence-electron chi connectivity index (χ4n) is 2.56. The minimum atomic E-state index is -0.114. The summed E-state index contributed by atoms with van der Waals surface area (Å²) in [6.45, 7) is 2.00. The third-order valence-corrected chi connectivity index (χ3v) is 5.21. The molecular weight excluding hydrogens is 308 g/mol. The van der Waals surface area contributed by atoms with E-state index in [9.17, 15) is 4.79 Å². The molecule has 23 heavy (non-hydrogen) atoms. The summed E-state index contributed by atoms with van der Waals surface area (Å²) in [6.07, 6.45) is 6.02. The van der Waals surface area contributed by atoms with Crippen LogP contribution in [0.5, 0.6) is 0 Å². The average Bonchev–Trinajstić information content (AvgIpc) is 2.60. The number of carbonyl (C=O) groups excluding carboxylic acids is 1. The number of amides is 1. The summed E-state index contributed by atoms with van der Waals surface area (Å²) in [4.78, 5) is 13.1. The fourth-order valence-corrected chi connectivity index (χ4v) is 3.51. The van der Waals surface area contributed by atoms with E-state index in [-0.39, 0.29) is 24.5 Å². The Kier molecular flexibility index (Phi) is 7.44. The molecule has 5 heteroatoms. The Morgan fingerprint density at radius 2 is 2.13 bits per heavy atom. The summed E-state index contributed by atoms with van der Waals surface area (Å²) >= 11 is 1.59. The van der Waals surface area contributed by atoms with Crippen molar-refractivity contribution in [3.63, 3.8) is 0 Å². The Balaban J connectivity index is 1.83. The van der Waals surface area contributed by atoms with E-state index in [1.165, 1.54) is 19.3 Å². The second kappa shape index (κ2) is 9.59. The van der Waals surface area contributed by atoms with Crippen molar-refractivity contribution in [2.24, 2.45) is 5.92 Å². The minimum Gasteiger partial charge on any atom is -0.368 e. The minimum absolute atomic E-state index is 0.0154. The highest BCUT2D eigenvalue weighted by molar-refractivity contribution is 7.99. The van der Waals surface area contributed by atoms with Crippen LogP contribution in [0, 0.1) is 17.2 Å². The molecule has 1 N–H and O–H groups in total. The van der Waals surface area contributed by atoms with Crippen LogP contribution in [0.25, 0.3) is 0 Å². The number of ether oxygens (including phenoxy) is 1. The van der Waals surface area contributed by atoms with Gasteiger partial charge in [-0.1, -0.05) is 31.4 Å². The van der Waals surface area contributed by atoms with Crippen molar-refractivity contribution in [3.05, 3.63) is 24.3 Å². The fraction of sp³-hybridized carbons (Fsp3) is 0.556. The molecule has 0 aliphatic heterocycles. The number of hydrogen-bond donors (Lipinski definition) is 1. The molecule has 2 rings (SSSR count). The van der Waals surface area contributed by atoms with Crippen LogP contribution in [0.3, 0.4) is 0 Å². The Labute approximate surface area is 142 Å². The highest BCUT2D eigenvalue weighted by Gasteiger charge is 2.16. The van der Waals surface area contributed by atoms with Gasteiger partial charge in [0.05, 0.1) is 23.8 Å². The zero-order chi connectivity index (χ0) is 16.5. The molecule has 124 valence electrons. The van der Waals surface area contributed by atoms with E-state index in [0.717, 1.165) is 23.4 Å². The van der Waals surface area contributed by atoms with E-state index in [4.69, 9.17) is 10.00 Å². The van der Waals surface area contributed by atoms with E-state index < -0.39 is 0 Å². The van der Waals surface area contributed by atoms with Gasteiger partial charge < -0.3 is 10.1 Å². The van der Waals surface area contributed by atoms with Crippen LogP contribution in [0.4, 0.5) is 5.69 Å². The van der Waals surface area contributed by atoms with Gasteiger partial charge in [-0.15, -0.1) is 11.8 Å². The van der Waals surface area contributed by atoms with E-state index in [0.29, 0.717) is 5.75 Å². The second-order valence-corrected chi connectivity index (χ2v) is 7.02. The maximum Gasteiger partial charge on any atom is 0.250 e. The lowest BCUT2D eigenvalue weighted by molar-refractivity contribution is -0.123. The number of para-hydroxylation sites is 1. The van der Waals surface area contributed by atoms with Crippen molar-refractivity contribution in [2.45, 2.75) is 50.0 Å². The van der Waals surface area contributed by atoms with Crippen LogP contribution in [-0.4, -0.2) is 24.4 Å². The molecule has 0 saturated heterocycles. The first-order valence-electron chi connectivity index (χ1n) is 8.22. The Bertz CT molecular complexity index is 550. The topological polar surface area (TPSA) is 62.1 Å². The third kappa shape index (κ3) is 6.25. The van der Waals surface area contributed by atoms with Crippen LogP contribution in [0.1, 0.15) is 39.0 Å². The van der Waals surface area contributed by atoms with Gasteiger partial charge in [0.15, 0.2) is 0 Å². The summed E-state index contributed by atoms with van der Waals surface area (Å²) in [7, 11) is 0. The first-order chi connectivity index (χ1) is 11.2. The van der Waals surface area contributed by atoms with Crippen molar-refractivity contribution in [1.29, 1.82) is 5.26 Å². The van der Waals surface area contributed by atoms with Crippen LogP contribution < -0.4 is 5.32 Å². The van der Waals surface area contributed by atoms with Crippen LogP contribution >= 0.6 is 11.8 Å². The lowest BCUT2D eigenvalue weighted by Gasteiger charge is -2.21. The molecule has 0 spiro atoms. The first-order valence-corrected chi connectivity index (χ1v) is 9.20. The molecule has 4 nitrogen and oxygen atoms in total. The normalized spacial score (nSPS) is 16.5. The number of carbonyl (C=O) groups is 1. The largest absolute Gasteiger partial charge is 0.368 e. The molecule has 0 heterocycles. The summed E-state index contributed by atoms with van der Waals surface area (Å²) in [5.41, 5.74) is 0.792. The molecule has 1 aliphatic rings. The van der Waals surface area contributed by atoms with Crippen molar-refractivity contribution in [3.8, 4) is 6.07 Å². The highest BCUT2D eigenvalue weighted by atomic mass is 32.2. The van der Waals surface area contributed by atoms with E-state index >= 15 is 0 Å². The molecule has 1 amide bonds. The summed E-state index contributed by atoms with van der Waals surface area (Å²) in [5.74, 6) is 0.581. The number of rotatable bonds is 7. The zero-order valence-electron chi connectivity index (χ0n) is 13.6. The van der Waals surface area contributed by atoms with E-state index in [2.05, 4.69) is 11.4 Å². The maximum atomic E-state index is 12.1. The van der Waals surface area contributed by atoms with E-state index in [1.54, 1.807) is 11.8 Å². The molecule has 1 aromatic rings. The number of benzene rings is 1. The number of anilines is 1. The average molecular weight is 332 g/mol. The summed E-state index contributed by atoms with van der Waals surface area (Å²) in [6, 6.07) is 9.91. The molecule has 1 fully saturated rings. The molecule has 0 radical (unpaired) electrons. The number of hydrogen-bond acceptors (Lipinski definition) is 4. The monoisotopic (exact) mass is 332 g/mol. The highest BCUT2D eigenvalue weighted by Crippen LogP contribution is 2.28. The molecule has 1 atom stereocenters. The predicted octanol–water partition coefficient (Wildman–Crippen LogP) is 4.23. The van der Waals surface area contributed by atoms with Crippen molar-refractivity contribution < 1.29 is 9.53 Å². The quantitative estimate of drug-likeness (QED) is 0.759. The number of nitriles is 1. The summed E-state index contributed by atoms with van der Waals surface area (Å²) < 4.78 is 5.71. The van der Waals surface area contributed by atoms with Gasteiger partial charge in [0, 0.05) is 10.6 Å². The van der Waals surface area contributed by atoms with Crippen LogP contribution in [0.2, 0.25) is 0 Å². The molecule has 1 aromatic carbocycles. The number of nitrogens with one attached hydrogen (secondary N) is 1. The van der Waals surface area contributed by atoms with Gasteiger partial charge in [0.25, 0.3) is 0 Å². The summed E-state index contributed by atoms with van der Waals surface area (Å²) in [5, 5.41) is 11.8. The van der Waals surface area contributed by atoms with E-state index in [1.807, 2.05) is 31.2 Å². The predicted molar refractivity (Wildman–Crippen MR) is 93.4 cm³/mol. The van der Waals surface area contributed by atoms with Crippen molar-refractivity contribution in [1.82, 2.24) is 0 Å². The second-order valence-electron chi connectivity index (χ2n) is 5.96. The van der Waals surface area contributed by atoms with Crippen LogP contribution in [-0.2, 0) is 9.53 Å². The van der Waals surface area contributed by atoms with Crippen molar-refractivity contribution >= 4 is 23.4 Å². The van der Waals surface area contributed by atoms with Gasteiger partial charge in [0.2, 0.25) is 5.91 Å². The lowest BCUT2D eigenvalue weighted by Crippen LogP contribution is -2.24. The Morgan fingerprint density at radius 1 is 1.39 bits per heavy atom. The zero-order valence-corrected chi connectivity index (χ0v) is 14.4. The van der Waals surface area contributed by atoms with Gasteiger partial charge >= 0.3 is 0 Å². The Morgan fingerprint density at radius 3 is 2.87 bits per heavy atom. The lowest BCUT2D eigenvalue weighted by atomic mass is 9.98. The van der Waals surface area contributed by atoms with Crippen molar-refractivity contribution in [2.75, 3.05) is 17.7 Å². The van der Waals surface area contributed by atoms with Gasteiger partial charge in [-0.25, -0.2) is 0 Å². The third-order valence-electron chi connectivity index (χ3n) is 3.87. The molecule has 0 aromatic heterocycles.